The standard InChI is InChI=1S/C20H18O2/c1-14-2-4-15(5-3-14)20(16-6-10-18(21)11-7-16)17-8-12-19(22)13-9-17/h2-13,20-22H,1H3/i20T. The molecule has 0 bridgehead atoms. The van der Waals surface area contributed by atoms with Crippen LogP contribution in [0.25, 0.3) is 0 Å². The van der Waals surface area contributed by atoms with Crippen molar-refractivity contribution < 1.29 is 11.6 Å². The zero-order chi connectivity index (χ0) is 16.4. The van der Waals surface area contributed by atoms with Crippen LogP contribution >= 0.6 is 0 Å². The van der Waals surface area contributed by atoms with Crippen LogP contribution in [-0.4, -0.2) is 10.2 Å². The van der Waals surface area contributed by atoms with Crippen molar-refractivity contribution >= 4 is 0 Å². The average molecular weight is 292 g/mol. The van der Waals surface area contributed by atoms with E-state index in [-0.39, 0.29) is 11.5 Å². The van der Waals surface area contributed by atoms with Crippen molar-refractivity contribution in [2.75, 3.05) is 0 Å². The maximum atomic E-state index is 9.54. The Balaban J connectivity index is 2.21. The van der Waals surface area contributed by atoms with Crippen LogP contribution in [0.1, 0.15) is 29.5 Å². The molecule has 110 valence electrons. The molecule has 0 unspecified atom stereocenters. The van der Waals surface area contributed by atoms with E-state index in [1.807, 2.05) is 31.2 Å². The highest BCUT2D eigenvalue weighted by Gasteiger charge is 2.16. The number of aryl methyl sites for hydroxylation is 1. The molecule has 3 rings (SSSR count). The van der Waals surface area contributed by atoms with E-state index in [1.165, 1.54) is 0 Å². The van der Waals surface area contributed by atoms with Gasteiger partial charge in [-0.2, -0.15) is 0 Å². The molecule has 0 saturated carbocycles. The number of hydrogen-bond acceptors (Lipinski definition) is 2. The Labute approximate surface area is 131 Å². The molecule has 2 heteroatoms. The molecule has 3 aromatic carbocycles. The highest BCUT2D eigenvalue weighted by atomic mass is 16.3. The van der Waals surface area contributed by atoms with E-state index in [2.05, 4.69) is 0 Å². The Morgan fingerprint density at radius 2 is 0.955 bits per heavy atom. The molecule has 22 heavy (non-hydrogen) atoms. The summed E-state index contributed by atoms with van der Waals surface area (Å²) in [6, 6.07) is 21.3. The molecule has 0 spiro atoms. The van der Waals surface area contributed by atoms with Gasteiger partial charge in [0.15, 0.2) is 0 Å². The van der Waals surface area contributed by atoms with Crippen LogP contribution in [0.5, 0.6) is 11.5 Å². The highest BCUT2D eigenvalue weighted by molar-refractivity contribution is 5.45. The summed E-state index contributed by atoms with van der Waals surface area (Å²) in [4.78, 5) is 0. The van der Waals surface area contributed by atoms with Crippen molar-refractivity contribution in [1.82, 2.24) is 0 Å². The quantitative estimate of drug-likeness (QED) is 0.693. The Morgan fingerprint density at radius 1 is 0.636 bits per heavy atom. The molecular formula is C20H18O2. The molecule has 0 amide bonds. The summed E-state index contributed by atoms with van der Waals surface area (Å²) < 4.78 is 9.19. The predicted octanol–water partition coefficient (Wildman–Crippen LogP) is 4.59. The lowest BCUT2D eigenvalue weighted by Gasteiger charge is -2.19. The summed E-state index contributed by atoms with van der Waals surface area (Å²) in [5, 5.41) is 19.1. The van der Waals surface area contributed by atoms with Crippen molar-refractivity contribution in [3.8, 4) is 11.5 Å². The lowest BCUT2D eigenvalue weighted by atomic mass is 9.85. The topological polar surface area (TPSA) is 40.5 Å². The largest absolute Gasteiger partial charge is 0.508 e. The van der Waals surface area contributed by atoms with Gasteiger partial charge in [0.2, 0.25) is 0 Å². The van der Waals surface area contributed by atoms with Crippen molar-refractivity contribution in [1.29, 1.82) is 0 Å². The van der Waals surface area contributed by atoms with Crippen molar-refractivity contribution in [2.24, 2.45) is 0 Å². The lowest BCUT2D eigenvalue weighted by molar-refractivity contribution is 0.475. The third-order valence-electron chi connectivity index (χ3n) is 3.65. The molecule has 0 aliphatic rings. The third kappa shape index (κ3) is 2.96. The van der Waals surface area contributed by atoms with Crippen molar-refractivity contribution in [2.45, 2.75) is 12.8 Å². The number of phenols is 2. The molecular weight excluding hydrogens is 272 g/mol. The minimum atomic E-state index is -1.12. The Kier molecular flexibility index (Phi) is 3.50. The van der Waals surface area contributed by atoms with Gasteiger partial charge in [0.1, 0.15) is 11.5 Å². The van der Waals surface area contributed by atoms with Gasteiger partial charge in [-0.3, -0.25) is 0 Å². The molecule has 0 aliphatic heterocycles. The summed E-state index contributed by atoms with van der Waals surface area (Å²) in [5.74, 6) is -0.772. The first-order valence-corrected chi connectivity index (χ1v) is 7.16. The van der Waals surface area contributed by atoms with E-state index in [0.717, 1.165) is 22.3 Å². The van der Waals surface area contributed by atoms with Crippen LogP contribution < -0.4 is 0 Å². The van der Waals surface area contributed by atoms with Crippen molar-refractivity contribution in [3.05, 3.63) is 95.1 Å². The summed E-state index contributed by atoms with van der Waals surface area (Å²) >= 11 is 0. The van der Waals surface area contributed by atoms with E-state index in [9.17, 15) is 11.6 Å². The van der Waals surface area contributed by atoms with Crippen LogP contribution in [0.4, 0.5) is 0 Å². The lowest BCUT2D eigenvalue weighted by Crippen LogP contribution is -2.03. The first-order valence-electron chi connectivity index (χ1n) is 7.66. The van der Waals surface area contributed by atoms with Crippen molar-refractivity contribution in [3.63, 3.8) is 0 Å². The molecule has 0 atom stereocenters. The first kappa shape index (κ1) is 13.0. The van der Waals surface area contributed by atoms with Gasteiger partial charge in [-0.05, 0) is 47.9 Å². The van der Waals surface area contributed by atoms with E-state index >= 15 is 0 Å². The van der Waals surface area contributed by atoms with Gasteiger partial charge in [0.25, 0.3) is 0 Å². The van der Waals surface area contributed by atoms with E-state index in [0.29, 0.717) is 0 Å². The smallest absolute Gasteiger partial charge is 0.115 e. The van der Waals surface area contributed by atoms with Gasteiger partial charge in [0.05, 0.1) is 0 Å². The maximum Gasteiger partial charge on any atom is 0.115 e. The zero-order valence-corrected chi connectivity index (χ0v) is 12.3. The molecule has 3 aromatic rings. The normalized spacial score (nSPS) is 12.0. The molecule has 0 radical (unpaired) electrons. The number of benzene rings is 3. The van der Waals surface area contributed by atoms with E-state index in [4.69, 9.17) is 0 Å². The maximum absolute atomic E-state index is 9.54. The first-order chi connectivity index (χ1) is 11.0. The molecule has 2 nitrogen and oxygen atoms in total. The minimum absolute atomic E-state index is 0.172. The zero-order valence-electron chi connectivity index (χ0n) is 13.3. The fourth-order valence-electron chi connectivity index (χ4n) is 2.48. The van der Waals surface area contributed by atoms with Crippen LogP contribution in [0.2, 0.25) is 0 Å². The minimum Gasteiger partial charge on any atom is -0.508 e. The second-order valence-corrected chi connectivity index (χ2v) is 5.33. The van der Waals surface area contributed by atoms with E-state index in [1.54, 1.807) is 48.5 Å². The van der Waals surface area contributed by atoms with Gasteiger partial charge in [-0.15, -0.1) is 0 Å². The SMILES string of the molecule is [3H]C(c1ccc(C)cc1)(c1ccc(O)cc1)c1ccc(O)cc1. The fourth-order valence-corrected chi connectivity index (χ4v) is 2.48. The van der Waals surface area contributed by atoms with Gasteiger partial charge < -0.3 is 10.2 Å². The second-order valence-electron chi connectivity index (χ2n) is 5.33. The molecule has 0 heterocycles. The summed E-state index contributed by atoms with van der Waals surface area (Å²) in [5.41, 5.74) is 3.47. The Hall–Kier alpha value is -2.74. The molecule has 0 aliphatic carbocycles. The van der Waals surface area contributed by atoms with Crippen LogP contribution in [0, 0.1) is 6.92 Å². The molecule has 0 aromatic heterocycles. The van der Waals surface area contributed by atoms with Crippen LogP contribution in [-0.2, 0) is 0 Å². The fraction of sp³-hybridized carbons (Fsp3) is 0.100. The van der Waals surface area contributed by atoms with Gasteiger partial charge in [0, 0.05) is 7.26 Å². The van der Waals surface area contributed by atoms with Gasteiger partial charge in [-0.1, -0.05) is 54.1 Å². The molecule has 0 saturated heterocycles. The highest BCUT2D eigenvalue weighted by Crippen LogP contribution is 2.33. The second kappa shape index (κ2) is 5.94. The summed E-state index contributed by atoms with van der Waals surface area (Å²) in [6.07, 6.45) is 0. The van der Waals surface area contributed by atoms with Gasteiger partial charge in [-0.25, -0.2) is 0 Å². The third-order valence-corrected chi connectivity index (χ3v) is 3.65. The van der Waals surface area contributed by atoms with Gasteiger partial charge >= 0.3 is 0 Å². The van der Waals surface area contributed by atoms with E-state index < -0.39 is 5.89 Å². The molecule has 2 N–H and O–H groups in total. The summed E-state index contributed by atoms with van der Waals surface area (Å²) in [7, 11) is 0. The monoisotopic (exact) mass is 292 g/mol. The Bertz CT molecular complexity index is 680. The predicted molar refractivity (Wildman–Crippen MR) is 88.3 cm³/mol. The van der Waals surface area contributed by atoms with Crippen LogP contribution in [0.15, 0.2) is 72.8 Å². The number of rotatable bonds is 3. The average Bonchev–Trinajstić information content (AvgIpc) is 2.56. The number of phenolic OH excluding ortho intramolecular Hbond substituents is 2. The van der Waals surface area contributed by atoms with Crippen LogP contribution in [0.3, 0.4) is 0 Å². The number of hydrogen-bond donors (Lipinski definition) is 2. The summed E-state index contributed by atoms with van der Waals surface area (Å²) in [6.45, 7) is 2.01. The Morgan fingerprint density at radius 3 is 1.32 bits per heavy atom. The number of aromatic hydroxyl groups is 2. The molecule has 0 fully saturated rings.